The van der Waals surface area contributed by atoms with E-state index in [1.807, 2.05) is 0 Å². The van der Waals surface area contributed by atoms with Crippen LogP contribution in [0.3, 0.4) is 0 Å². The van der Waals surface area contributed by atoms with E-state index in [2.05, 4.69) is 11.8 Å². The van der Waals surface area contributed by atoms with Crippen LogP contribution < -0.4 is 4.74 Å². The van der Waals surface area contributed by atoms with Crippen molar-refractivity contribution in [2.45, 2.75) is 19.1 Å². The molecule has 0 radical (unpaired) electrons. The van der Waals surface area contributed by atoms with Crippen LogP contribution in [0.5, 0.6) is 5.75 Å². The Morgan fingerprint density at radius 3 is 2.53 bits per heavy atom. The van der Waals surface area contributed by atoms with Crippen molar-refractivity contribution in [2.24, 2.45) is 0 Å². The van der Waals surface area contributed by atoms with Crippen LogP contribution in [0.4, 0.5) is 0 Å². The molecule has 0 aliphatic carbocycles. The molecule has 1 aliphatic rings. The van der Waals surface area contributed by atoms with E-state index < -0.39 is 6.10 Å². The van der Waals surface area contributed by atoms with E-state index in [0.29, 0.717) is 28.9 Å². The maximum atomic E-state index is 9.88. The predicted octanol–water partition coefficient (Wildman–Crippen LogP) is 2.44. The fourth-order valence-corrected chi connectivity index (χ4v) is 2.44. The second kappa shape index (κ2) is 5.44. The highest BCUT2D eigenvalue weighted by atomic mass is 35.5. The normalized spacial score (nSPS) is 25.2. The second-order valence-corrected chi connectivity index (χ2v) is 4.94. The molecule has 2 rings (SSSR count). The summed E-state index contributed by atoms with van der Waals surface area (Å²) in [6.07, 6.45) is -0.769. The monoisotopic (exact) mass is 275 g/mol. The molecule has 0 aromatic heterocycles. The Bertz CT molecular complexity index is 380. The SMILES string of the molecule is CCN1CC(O)C(Oc2c(Cl)cccc2Cl)C1. The first-order valence-corrected chi connectivity index (χ1v) is 6.38. The molecular formula is C12H15Cl2NO2. The molecule has 1 fully saturated rings. The number of nitrogens with zero attached hydrogens (tertiary/aromatic N) is 1. The van der Waals surface area contributed by atoms with Crippen LogP contribution in [0.25, 0.3) is 0 Å². The minimum absolute atomic E-state index is 0.271. The van der Waals surface area contributed by atoms with Crippen LogP contribution in [0.2, 0.25) is 10.0 Å². The van der Waals surface area contributed by atoms with Gasteiger partial charge in [0.2, 0.25) is 0 Å². The van der Waals surface area contributed by atoms with Crippen molar-refractivity contribution in [2.75, 3.05) is 19.6 Å². The van der Waals surface area contributed by atoms with E-state index in [0.717, 1.165) is 6.54 Å². The van der Waals surface area contributed by atoms with Crippen molar-refractivity contribution in [3.63, 3.8) is 0 Å². The third-order valence-electron chi connectivity index (χ3n) is 2.95. The summed E-state index contributed by atoms with van der Waals surface area (Å²) in [5, 5.41) is 10.8. The van der Waals surface area contributed by atoms with E-state index in [9.17, 15) is 5.11 Å². The fraction of sp³-hybridized carbons (Fsp3) is 0.500. The zero-order chi connectivity index (χ0) is 12.4. The van der Waals surface area contributed by atoms with Crippen LogP contribution in [-0.4, -0.2) is 41.8 Å². The van der Waals surface area contributed by atoms with Gasteiger partial charge in [-0.15, -0.1) is 0 Å². The average Bonchev–Trinajstić information content (AvgIpc) is 2.65. The Balaban J connectivity index is 2.11. The third kappa shape index (κ3) is 2.86. The van der Waals surface area contributed by atoms with Crippen molar-refractivity contribution in [3.05, 3.63) is 28.2 Å². The molecule has 1 aromatic rings. The van der Waals surface area contributed by atoms with Crippen LogP contribution >= 0.6 is 23.2 Å². The maximum Gasteiger partial charge on any atom is 0.157 e. The molecule has 1 N–H and O–H groups in total. The molecule has 0 bridgehead atoms. The summed E-state index contributed by atoms with van der Waals surface area (Å²) in [5.74, 6) is 0.456. The van der Waals surface area contributed by atoms with Crippen molar-refractivity contribution in [1.29, 1.82) is 0 Å². The summed E-state index contributed by atoms with van der Waals surface area (Å²) in [6.45, 7) is 4.27. The van der Waals surface area contributed by atoms with Crippen LogP contribution in [0, 0.1) is 0 Å². The Morgan fingerprint density at radius 2 is 2.00 bits per heavy atom. The van der Waals surface area contributed by atoms with Crippen LogP contribution in [0.15, 0.2) is 18.2 Å². The number of hydrogen-bond acceptors (Lipinski definition) is 3. The second-order valence-electron chi connectivity index (χ2n) is 4.13. The molecule has 1 aliphatic heterocycles. The number of aliphatic hydroxyl groups is 1. The number of benzene rings is 1. The van der Waals surface area contributed by atoms with Crippen molar-refractivity contribution in [3.8, 4) is 5.75 Å². The van der Waals surface area contributed by atoms with Crippen molar-refractivity contribution >= 4 is 23.2 Å². The molecule has 17 heavy (non-hydrogen) atoms. The van der Waals surface area contributed by atoms with Gasteiger partial charge in [0, 0.05) is 13.1 Å². The Hall–Kier alpha value is -0.480. The average molecular weight is 276 g/mol. The largest absolute Gasteiger partial charge is 0.483 e. The summed E-state index contributed by atoms with van der Waals surface area (Å²) in [7, 11) is 0. The molecular weight excluding hydrogens is 261 g/mol. The van der Waals surface area contributed by atoms with E-state index >= 15 is 0 Å². The smallest absolute Gasteiger partial charge is 0.157 e. The standard InChI is InChI=1S/C12H15Cl2NO2/c1-2-15-6-10(16)11(7-15)17-12-8(13)4-3-5-9(12)14/h3-5,10-11,16H,2,6-7H2,1H3. The van der Waals surface area contributed by atoms with Crippen LogP contribution in [0.1, 0.15) is 6.92 Å². The molecule has 2 unspecified atom stereocenters. The first-order chi connectivity index (χ1) is 8.11. The third-order valence-corrected chi connectivity index (χ3v) is 3.54. The van der Waals surface area contributed by atoms with Gasteiger partial charge in [-0.2, -0.15) is 0 Å². The van der Waals surface area contributed by atoms with Gasteiger partial charge in [0.05, 0.1) is 10.0 Å². The number of β-amino-alcohol motifs (C(OH)–C–C–N with tert-alkyl or cyclic N) is 1. The lowest BCUT2D eigenvalue weighted by molar-refractivity contribution is 0.0738. The quantitative estimate of drug-likeness (QED) is 0.920. The number of hydrogen-bond donors (Lipinski definition) is 1. The lowest BCUT2D eigenvalue weighted by Crippen LogP contribution is -2.30. The molecule has 0 spiro atoms. The molecule has 0 saturated carbocycles. The first kappa shape index (κ1) is 13.0. The lowest BCUT2D eigenvalue weighted by Gasteiger charge is -2.18. The number of halogens is 2. The number of ether oxygens (including phenoxy) is 1. The number of rotatable bonds is 3. The van der Waals surface area contributed by atoms with E-state index in [1.165, 1.54) is 0 Å². The topological polar surface area (TPSA) is 32.7 Å². The Labute approximate surface area is 111 Å². The van der Waals surface area contributed by atoms with Gasteiger partial charge >= 0.3 is 0 Å². The Kier molecular flexibility index (Phi) is 4.15. The zero-order valence-electron chi connectivity index (χ0n) is 9.57. The summed E-state index contributed by atoms with van der Waals surface area (Å²) in [6, 6.07) is 5.21. The minimum atomic E-state index is -0.498. The van der Waals surface area contributed by atoms with E-state index in [-0.39, 0.29) is 6.10 Å². The molecule has 5 heteroatoms. The van der Waals surface area contributed by atoms with Crippen molar-refractivity contribution < 1.29 is 9.84 Å². The highest BCUT2D eigenvalue weighted by Gasteiger charge is 2.32. The van der Waals surface area contributed by atoms with Gasteiger partial charge in [-0.3, -0.25) is 4.90 Å². The molecule has 1 heterocycles. The van der Waals surface area contributed by atoms with E-state index in [4.69, 9.17) is 27.9 Å². The highest BCUT2D eigenvalue weighted by Crippen LogP contribution is 2.34. The summed E-state index contributed by atoms with van der Waals surface area (Å²) < 4.78 is 5.73. The molecule has 94 valence electrons. The molecule has 1 aromatic carbocycles. The van der Waals surface area contributed by atoms with Gasteiger partial charge in [-0.05, 0) is 18.7 Å². The molecule has 0 amide bonds. The zero-order valence-corrected chi connectivity index (χ0v) is 11.1. The minimum Gasteiger partial charge on any atom is -0.483 e. The van der Waals surface area contributed by atoms with Gasteiger partial charge < -0.3 is 9.84 Å². The number of aliphatic hydroxyl groups excluding tert-OH is 1. The predicted molar refractivity (Wildman–Crippen MR) is 69.0 cm³/mol. The summed E-state index contributed by atoms with van der Waals surface area (Å²) in [5.41, 5.74) is 0. The number of likely N-dealkylation sites (N-methyl/N-ethyl adjacent to an activating group) is 1. The lowest BCUT2D eigenvalue weighted by atomic mass is 10.2. The summed E-state index contributed by atoms with van der Waals surface area (Å²) in [4.78, 5) is 2.13. The number of likely N-dealkylation sites (tertiary alicyclic amines) is 1. The van der Waals surface area contributed by atoms with Gasteiger partial charge in [0.15, 0.2) is 5.75 Å². The van der Waals surface area contributed by atoms with Crippen LogP contribution in [-0.2, 0) is 0 Å². The Morgan fingerprint density at radius 1 is 1.35 bits per heavy atom. The van der Waals surface area contributed by atoms with Gasteiger partial charge in [0.1, 0.15) is 12.2 Å². The fourth-order valence-electron chi connectivity index (χ4n) is 1.95. The van der Waals surface area contributed by atoms with Gasteiger partial charge in [-0.25, -0.2) is 0 Å². The van der Waals surface area contributed by atoms with Gasteiger partial charge in [0.25, 0.3) is 0 Å². The molecule has 3 nitrogen and oxygen atoms in total. The van der Waals surface area contributed by atoms with Gasteiger partial charge in [-0.1, -0.05) is 36.2 Å². The number of para-hydroxylation sites is 1. The molecule has 2 atom stereocenters. The van der Waals surface area contributed by atoms with Crippen molar-refractivity contribution in [1.82, 2.24) is 4.90 Å². The molecule has 1 saturated heterocycles. The maximum absolute atomic E-state index is 9.88. The first-order valence-electron chi connectivity index (χ1n) is 5.63. The highest BCUT2D eigenvalue weighted by molar-refractivity contribution is 6.37. The summed E-state index contributed by atoms with van der Waals surface area (Å²) >= 11 is 12.0. The van der Waals surface area contributed by atoms with E-state index in [1.54, 1.807) is 18.2 Å².